The van der Waals surface area contributed by atoms with Crippen molar-refractivity contribution in [2.24, 2.45) is 0 Å². The number of fused-ring (bicyclic) bond motifs is 1. The zero-order valence-electron chi connectivity index (χ0n) is 14.6. The summed E-state index contributed by atoms with van der Waals surface area (Å²) in [5, 5.41) is 4.22. The van der Waals surface area contributed by atoms with Gasteiger partial charge in [0.1, 0.15) is 6.61 Å². The van der Waals surface area contributed by atoms with Crippen molar-refractivity contribution in [1.82, 2.24) is 0 Å². The predicted octanol–water partition coefficient (Wildman–Crippen LogP) is 5.42. The Hall–Kier alpha value is -3.00. The molecule has 0 unspecified atom stereocenters. The number of nitrogens with one attached hydrogen (secondary N) is 1. The molecule has 0 bridgehead atoms. The van der Waals surface area contributed by atoms with Crippen LogP contribution < -0.4 is 5.32 Å². The van der Waals surface area contributed by atoms with Crippen LogP contribution in [0.2, 0.25) is 0 Å². The van der Waals surface area contributed by atoms with E-state index in [4.69, 9.17) is 4.74 Å². The van der Waals surface area contributed by atoms with Crippen LogP contribution in [-0.4, -0.2) is 19.2 Å². The first-order valence-corrected chi connectivity index (χ1v) is 8.86. The molecule has 1 amide bonds. The van der Waals surface area contributed by atoms with Crippen molar-refractivity contribution in [1.29, 1.82) is 0 Å². The number of ether oxygens (including phenoxy) is 2. The molecule has 0 aliphatic heterocycles. The molecular weight excluding hydrogens is 436 g/mol. The Bertz CT molecular complexity index is 1070. The molecule has 3 aromatic carbocycles. The average molecular weight is 450 g/mol. The lowest BCUT2D eigenvalue weighted by Crippen LogP contribution is -2.17. The fourth-order valence-corrected chi connectivity index (χ4v) is 2.96. The highest BCUT2D eigenvalue weighted by atomic mass is 79.9. The SMILES string of the molecule is COC(=O)c1cc(F)c(F)cc1NC(=O)OCc1ccc2cc(Br)ccc2c1. The molecule has 0 saturated carbocycles. The molecule has 0 radical (unpaired) electrons. The summed E-state index contributed by atoms with van der Waals surface area (Å²) in [7, 11) is 1.09. The van der Waals surface area contributed by atoms with Gasteiger partial charge in [0.25, 0.3) is 0 Å². The number of esters is 1. The number of carbonyl (C=O) groups is 2. The van der Waals surface area contributed by atoms with Gasteiger partial charge in [-0.05, 0) is 40.6 Å². The van der Waals surface area contributed by atoms with Crippen LogP contribution in [0.1, 0.15) is 15.9 Å². The number of benzene rings is 3. The van der Waals surface area contributed by atoms with Gasteiger partial charge in [0.05, 0.1) is 18.4 Å². The Balaban J connectivity index is 1.72. The first kappa shape index (κ1) is 19.8. The summed E-state index contributed by atoms with van der Waals surface area (Å²) in [5.41, 5.74) is 0.164. The number of amides is 1. The third kappa shape index (κ3) is 4.45. The second kappa shape index (κ2) is 8.35. The molecule has 28 heavy (non-hydrogen) atoms. The number of anilines is 1. The number of carbonyl (C=O) groups excluding carboxylic acids is 2. The second-order valence-electron chi connectivity index (χ2n) is 5.83. The molecule has 144 valence electrons. The van der Waals surface area contributed by atoms with Crippen LogP contribution in [0.25, 0.3) is 10.8 Å². The lowest BCUT2D eigenvalue weighted by molar-refractivity contribution is 0.0601. The fourth-order valence-electron chi connectivity index (χ4n) is 2.58. The van der Waals surface area contributed by atoms with Gasteiger partial charge in [-0.3, -0.25) is 5.32 Å². The van der Waals surface area contributed by atoms with Gasteiger partial charge in [-0.15, -0.1) is 0 Å². The first-order valence-electron chi connectivity index (χ1n) is 8.06. The van der Waals surface area contributed by atoms with Crippen molar-refractivity contribution >= 4 is 44.5 Å². The molecule has 0 aromatic heterocycles. The summed E-state index contributed by atoms with van der Waals surface area (Å²) in [6.07, 6.45) is -0.924. The van der Waals surface area contributed by atoms with Crippen molar-refractivity contribution in [2.75, 3.05) is 12.4 Å². The molecule has 0 saturated heterocycles. The van der Waals surface area contributed by atoms with E-state index in [9.17, 15) is 18.4 Å². The van der Waals surface area contributed by atoms with Gasteiger partial charge in [-0.25, -0.2) is 18.4 Å². The van der Waals surface area contributed by atoms with Crippen LogP contribution in [-0.2, 0) is 16.1 Å². The van der Waals surface area contributed by atoms with E-state index in [-0.39, 0.29) is 17.9 Å². The molecule has 0 heterocycles. The predicted molar refractivity (Wildman–Crippen MR) is 103 cm³/mol. The van der Waals surface area contributed by atoms with Gasteiger partial charge in [0.15, 0.2) is 11.6 Å². The molecule has 3 rings (SSSR count). The molecular formula is C20H14BrF2NO4. The van der Waals surface area contributed by atoms with Gasteiger partial charge in [-0.2, -0.15) is 0 Å². The lowest BCUT2D eigenvalue weighted by Gasteiger charge is -2.11. The maximum atomic E-state index is 13.5. The van der Waals surface area contributed by atoms with Crippen LogP contribution in [0.5, 0.6) is 0 Å². The van der Waals surface area contributed by atoms with E-state index in [2.05, 4.69) is 26.0 Å². The molecule has 5 nitrogen and oxygen atoms in total. The summed E-state index contributed by atoms with van der Waals surface area (Å²) in [6, 6.07) is 12.7. The maximum absolute atomic E-state index is 13.5. The monoisotopic (exact) mass is 449 g/mol. The molecule has 8 heteroatoms. The van der Waals surface area contributed by atoms with Crippen molar-refractivity contribution in [2.45, 2.75) is 6.61 Å². The molecule has 0 fully saturated rings. The lowest BCUT2D eigenvalue weighted by atomic mass is 10.1. The number of halogens is 3. The normalized spacial score (nSPS) is 10.6. The Morgan fingerprint density at radius 2 is 1.68 bits per heavy atom. The highest BCUT2D eigenvalue weighted by molar-refractivity contribution is 9.10. The smallest absolute Gasteiger partial charge is 0.411 e. The van der Waals surface area contributed by atoms with Crippen LogP contribution in [0.15, 0.2) is 53.0 Å². The van der Waals surface area contributed by atoms with Crippen LogP contribution in [0, 0.1) is 11.6 Å². The largest absolute Gasteiger partial charge is 0.465 e. The summed E-state index contributed by atoms with van der Waals surface area (Å²) in [4.78, 5) is 23.7. The molecule has 3 aromatic rings. The highest BCUT2D eigenvalue weighted by Crippen LogP contribution is 2.23. The zero-order valence-corrected chi connectivity index (χ0v) is 16.2. The highest BCUT2D eigenvalue weighted by Gasteiger charge is 2.18. The van der Waals surface area contributed by atoms with Crippen LogP contribution in [0.4, 0.5) is 19.3 Å². The van der Waals surface area contributed by atoms with E-state index < -0.39 is 23.7 Å². The van der Waals surface area contributed by atoms with Gasteiger partial charge in [0, 0.05) is 10.5 Å². The quantitative estimate of drug-likeness (QED) is 0.540. The molecule has 1 N–H and O–H groups in total. The zero-order chi connectivity index (χ0) is 20.3. The van der Waals surface area contributed by atoms with Gasteiger partial charge >= 0.3 is 12.1 Å². The molecule has 0 aliphatic rings. The van der Waals surface area contributed by atoms with Gasteiger partial charge < -0.3 is 9.47 Å². The first-order chi connectivity index (χ1) is 13.4. The Kier molecular flexibility index (Phi) is 5.89. The van der Waals surface area contributed by atoms with E-state index >= 15 is 0 Å². The number of hydrogen-bond donors (Lipinski definition) is 1. The molecule has 0 spiro atoms. The van der Waals surface area contributed by atoms with E-state index in [0.717, 1.165) is 27.9 Å². The van der Waals surface area contributed by atoms with Gasteiger partial charge in [-0.1, -0.05) is 34.1 Å². The summed E-state index contributed by atoms with van der Waals surface area (Å²) >= 11 is 3.40. The minimum Gasteiger partial charge on any atom is -0.465 e. The fraction of sp³-hybridized carbons (Fsp3) is 0.100. The maximum Gasteiger partial charge on any atom is 0.411 e. The molecule has 0 atom stereocenters. The average Bonchev–Trinajstić information content (AvgIpc) is 2.68. The topological polar surface area (TPSA) is 64.6 Å². The Morgan fingerprint density at radius 1 is 1.00 bits per heavy atom. The van der Waals surface area contributed by atoms with E-state index in [1.54, 1.807) is 6.07 Å². The van der Waals surface area contributed by atoms with Crippen molar-refractivity contribution in [3.63, 3.8) is 0 Å². The summed E-state index contributed by atoms with van der Waals surface area (Å²) in [6.45, 7) is -0.0466. The Labute approximate surface area is 167 Å². The van der Waals surface area contributed by atoms with Crippen molar-refractivity contribution in [3.05, 3.63) is 75.8 Å². The third-order valence-corrected chi connectivity index (χ3v) is 4.43. The summed E-state index contributed by atoms with van der Waals surface area (Å²) < 4.78 is 37.4. The molecule has 0 aliphatic carbocycles. The summed E-state index contributed by atoms with van der Waals surface area (Å²) in [5.74, 6) is -3.37. The second-order valence-corrected chi connectivity index (χ2v) is 6.75. The van der Waals surface area contributed by atoms with Crippen LogP contribution >= 0.6 is 15.9 Å². The van der Waals surface area contributed by atoms with E-state index in [1.165, 1.54) is 0 Å². The standard InChI is InChI=1S/C20H14BrF2NO4/c1-27-19(25)15-8-16(22)17(23)9-18(15)24-20(26)28-10-11-2-3-13-7-14(21)5-4-12(13)6-11/h2-9H,10H2,1H3,(H,24,26). The Morgan fingerprint density at radius 3 is 2.43 bits per heavy atom. The van der Waals surface area contributed by atoms with Gasteiger partial charge in [0.2, 0.25) is 0 Å². The number of rotatable bonds is 4. The number of methoxy groups -OCH3 is 1. The van der Waals surface area contributed by atoms with E-state index in [0.29, 0.717) is 12.1 Å². The minimum atomic E-state index is -1.23. The van der Waals surface area contributed by atoms with Crippen molar-refractivity contribution in [3.8, 4) is 0 Å². The number of hydrogen-bond acceptors (Lipinski definition) is 4. The third-order valence-electron chi connectivity index (χ3n) is 3.94. The van der Waals surface area contributed by atoms with Crippen LogP contribution in [0.3, 0.4) is 0 Å². The van der Waals surface area contributed by atoms with Crippen molar-refractivity contribution < 1.29 is 27.8 Å². The minimum absolute atomic E-state index is 0.0466. The van der Waals surface area contributed by atoms with E-state index in [1.807, 2.05) is 30.3 Å².